The number of likely N-dealkylation sites (tertiary alicyclic amines) is 1. The summed E-state index contributed by atoms with van der Waals surface area (Å²) in [4.78, 5) is 32.1. The van der Waals surface area contributed by atoms with Crippen LogP contribution in [0, 0.1) is 13.8 Å². The van der Waals surface area contributed by atoms with Gasteiger partial charge in [0.1, 0.15) is 11.5 Å². The number of nitrogens with zero attached hydrogens (tertiary/aromatic N) is 2. The summed E-state index contributed by atoms with van der Waals surface area (Å²) in [5, 5.41) is 11.3. The van der Waals surface area contributed by atoms with Crippen LogP contribution < -0.4 is 4.74 Å². The molecule has 0 radical (unpaired) electrons. The standard InChI is InChI=1S/C26H24N2O4/c1-16-11-12-17(2)20(14-16)24(29)22-23(19-9-4-5-10-21(19)32-3)28(26(31)25(22)30)15-18-8-6-7-13-27-18/h4-14,23,29H,15H2,1-3H3/b24-22+. The molecule has 1 aliphatic rings. The molecule has 1 atom stereocenters. The van der Waals surface area contributed by atoms with E-state index in [1.54, 1.807) is 30.5 Å². The van der Waals surface area contributed by atoms with Crippen LogP contribution in [-0.4, -0.2) is 33.8 Å². The lowest BCUT2D eigenvalue weighted by atomic mass is 9.93. The van der Waals surface area contributed by atoms with Crippen LogP contribution in [0.15, 0.2) is 72.4 Å². The van der Waals surface area contributed by atoms with Gasteiger partial charge in [-0.3, -0.25) is 14.6 Å². The van der Waals surface area contributed by atoms with Crippen molar-refractivity contribution in [3.63, 3.8) is 0 Å². The van der Waals surface area contributed by atoms with Gasteiger partial charge in [0.15, 0.2) is 0 Å². The van der Waals surface area contributed by atoms with Gasteiger partial charge < -0.3 is 14.7 Å². The van der Waals surface area contributed by atoms with Crippen molar-refractivity contribution in [1.82, 2.24) is 9.88 Å². The monoisotopic (exact) mass is 428 g/mol. The number of hydrogen-bond acceptors (Lipinski definition) is 5. The van der Waals surface area contributed by atoms with Crippen LogP contribution in [-0.2, 0) is 16.1 Å². The summed E-state index contributed by atoms with van der Waals surface area (Å²) in [6, 6.07) is 17.4. The predicted molar refractivity (Wildman–Crippen MR) is 121 cm³/mol. The van der Waals surface area contributed by atoms with Crippen LogP contribution in [0.25, 0.3) is 5.76 Å². The summed E-state index contributed by atoms with van der Waals surface area (Å²) in [6.45, 7) is 3.89. The molecule has 0 spiro atoms. The Morgan fingerprint density at radius 3 is 2.53 bits per heavy atom. The molecule has 162 valence electrons. The number of benzene rings is 2. The maximum absolute atomic E-state index is 13.2. The highest BCUT2D eigenvalue weighted by molar-refractivity contribution is 6.46. The number of aliphatic hydroxyl groups excluding tert-OH is 1. The Kier molecular flexibility index (Phi) is 5.77. The fourth-order valence-corrected chi connectivity index (χ4v) is 4.06. The topological polar surface area (TPSA) is 79.7 Å². The zero-order chi connectivity index (χ0) is 22.8. The number of aryl methyl sites for hydroxylation is 2. The smallest absolute Gasteiger partial charge is 0.296 e. The molecule has 1 fully saturated rings. The van der Waals surface area contributed by atoms with E-state index in [2.05, 4.69) is 4.98 Å². The Balaban J connectivity index is 1.94. The number of amides is 1. The van der Waals surface area contributed by atoms with E-state index in [0.717, 1.165) is 11.1 Å². The van der Waals surface area contributed by atoms with Crippen LogP contribution in [0.3, 0.4) is 0 Å². The van der Waals surface area contributed by atoms with Crippen molar-refractivity contribution in [2.75, 3.05) is 7.11 Å². The highest BCUT2D eigenvalue weighted by Gasteiger charge is 2.47. The number of carbonyl (C=O) groups is 2. The molecule has 32 heavy (non-hydrogen) atoms. The fourth-order valence-electron chi connectivity index (χ4n) is 4.06. The molecule has 4 rings (SSSR count). The first-order valence-electron chi connectivity index (χ1n) is 10.3. The second-order valence-corrected chi connectivity index (χ2v) is 7.81. The molecule has 1 aliphatic heterocycles. The number of para-hydroxylation sites is 1. The SMILES string of the molecule is COc1ccccc1C1/C(=C(\O)c2cc(C)ccc2C)C(=O)C(=O)N1Cc1ccccn1. The molecular formula is C26H24N2O4. The first kappa shape index (κ1) is 21.3. The predicted octanol–water partition coefficient (Wildman–Crippen LogP) is 4.33. The van der Waals surface area contributed by atoms with Crippen molar-refractivity contribution < 1.29 is 19.4 Å². The van der Waals surface area contributed by atoms with Gasteiger partial charge in [-0.25, -0.2) is 0 Å². The van der Waals surface area contributed by atoms with E-state index in [1.807, 2.05) is 50.2 Å². The first-order chi connectivity index (χ1) is 15.4. The number of aliphatic hydroxyl groups is 1. The van der Waals surface area contributed by atoms with Gasteiger partial charge in [-0.2, -0.15) is 0 Å². The minimum Gasteiger partial charge on any atom is -0.507 e. The molecule has 6 nitrogen and oxygen atoms in total. The van der Waals surface area contributed by atoms with Gasteiger partial charge in [0.05, 0.1) is 31.0 Å². The minimum absolute atomic E-state index is 0.0455. The molecule has 0 saturated carbocycles. The molecule has 1 aromatic heterocycles. The molecule has 6 heteroatoms. The molecule has 1 unspecified atom stereocenters. The summed E-state index contributed by atoms with van der Waals surface area (Å²) in [6.07, 6.45) is 1.64. The second-order valence-electron chi connectivity index (χ2n) is 7.81. The van der Waals surface area contributed by atoms with E-state index in [-0.39, 0.29) is 17.9 Å². The maximum Gasteiger partial charge on any atom is 0.296 e. The number of methoxy groups -OCH3 is 1. The number of pyridine rings is 1. The lowest BCUT2D eigenvalue weighted by Gasteiger charge is -2.26. The normalized spacial score (nSPS) is 17.6. The molecule has 3 aromatic rings. The van der Waals surface area contributed by atoms with Gasteiger partial charge in [0.2, 0.25) is 0 Å². The van der Waals surface area contributed by atoms with Crippen molar-refractivity contribution in [2.24, 2.45) is 0 Å². The second kappa shape index (κ2) is 8.67. The maximum atomic E-state index is 13.2. The van der Waals surface area contributed by atoms with Crippen LogP contribution >= 0.6 is 0 Å². The number of ether oxygens (including phenoxy) is 1. The van der Waals surface area contributed by atoms with E-state index < -0.39 is 17.7 Å². The first-order valence-corrected chi connectivity index (χ1v) is 10.3. The summed E-state index contributed by atoms with van der Waals surface area (Å²) < 4.78 is 5.53. The van der Waals surface area contributed by atoms with Gasteiger partial charge in [-0.15, -0.1) is 0 Å². The Bertz CT molecular complexity index is 1220. The summed E-state index contributed by atoms with van der Waals surface area (Å²) >= 11 is 0. The number of rotatable bonds is 5. The van der Waals surface area contributed by atoms with Crippen molar-refractivity contribution >= 4 is 17.4 Å². The lowest BCUT2D eigenvalue weighted by molar-refractivity contribution is -0.140. The van der Waals surface area contributed by atoms with Gasteiger partial charge in [-0.05, 0) is 43.7 Å². The highest BCUT2D eigenvalue weighted by atomic mass is 16.5. The Morgan fingerprint density at radius 1 is 1.06 bits per heavy atom. The van der Waals surface area contributed by atoms with E-state index in [4.69, 9.17) is 4.74 Å². The van der Waals surface area contributed by atoms with Crippen LogP contribution in [0.4, 0.5) is 0 Å². The van der Waals surface area contributed by atoms with Crippen molar-refractivity contribution in [3.05, 3.63) is 100 Å². The number of Topliss-reactive ketones (excluding diaryl/α,β-unsaturated/α-hetero) is 1. The van der Waals surface area contributed by atoms with E-state index >= 15 is 0 Å². The Labute approximate surface area is 186 Å². The van der Waals surface area contributed by atoms with Gasteiger partial charge in [0, 0.05) is 17.3 Å². The number of carbonyl (C=O) groups excluding carboxylic acids is 2. The molecule has 1 N–H and O–H groups in total. The molecule has 2 heterocycles. The summed E-state index contributed by atoms with van der Waals surface area (Å²) in [5.74, 6) is -1.07. The average Bonchev–Trinajstić information content (AvgIpc) is 3.05. The van der Waals surface area contributed by atoms with Gasteiger partial charge >= 0.3 is 0 Å². The van der Waals surface area contributed by atoms with E-state index in [0.29, 0.717) is 22.6 Å². The van der Waals surface area contributed by atoms with E-state index in [1.165, 1.54) is 12.0 Å². The highest BCUT2D eigenvalue weighted by Crippen LogP contribution is 2.43. The fraction of sp³-hybridized carbons (Fsp3) is 0.192. The van der Waals surface area contributed by atoms with E-state index in [9.17, 15) is 14.7 Å². The zero-order valence-corrected chi connectivity index (χ0v) is 18.2. The minimum atomic E-state index is -0.812. The third-order valence-corrected chi connectivity index (χ3v) is 5.68. The Morgan fingerprint density at radius 2 is 1.81 bits per heavy atom. The van der Waals surface area contributed by atoms with Crippen molar-refractivity contribution in [2.45, 2.75) is 26.4 Å². The lowest BCUT2D eigenvalue weighted by Crippen LogP contribution is -2.29. The summed E-state index contributed by atoms with van der Waals surface area (Å²) in [5.41, 5.74) is 3.58. The Hall–Kier alpha value is -3.93. The molecule has 0 aliphatic carbocycles. The number of ketones is 1. The largest absolute Gasteiger partial charge is 0.507 e. The van der Waals surface area contributed by atoms with Gasteiger partial charge in [-0.1, -0.05) is 42.0 Å². The van der Waals surface area contributed by atoms with Crippen molar-refractivity contribution in [1.29, 1.82) is 0 Å². The van der Waals surface area contributed by atoms with Crippen LogP contribution in [0.5, 0.6) is 5.75 Å². The molecule has 2 aromatic carbocycles. The van der Waals surface area contributed by atoms with Crippen LogP contribution in [0.2, 0.25) is 0 Å². The molecular weight excluding hydrogens is 404 g/mol. The number of hydrogen-bond donors (Lipinski definition) is 1. The molecule has 1 saturated heterocycles. The van der Waals surface area contributed by atoms with Crippen LogP contribution in [0.1, 0.15) is 34.0 Å². The number of aromatic nitrogens is 1. The quantitative estimate of drug-likeness (QED) is 0.372. The molecule has 1 amide bonds. The zero-order valence-electron chi connectivity index (χ0n) is 18.2. The van der Waals surface area contributed by atoms with Gasteiger partial charge in [0.25, 0.3) is 11.7 Å². The molecule has 0 bridgehead atoms. The third kappa shape index (κ3) is 3.75. The van der Waals surface area contributed by atoms with Crippen molar-refractivity contribution in [3.8, 4) is 5.75 Å². The third-order valence-electron chi connectivity index (χ3n) is 5.68. The average molecular weight is 428 g/mol. The summed E-state index contributed by atoms with van der Waals surface area (Å²) in [7, 11) is 1.54.